The van der Waals surface area contributed by atoms with Crippen molar-refractivity contribution < 1.29 is 4.79 Å². The molecule has 3 nitrogen and oxygen atoms in total. The number of nitrogens with one attached hydrogen (secondary N) is 1. The fourth-order valence-corrected chi connectivity index (χ4v) is 3.81. The van der Waals surface area contributed by atoms with Gasteiger partial charge in [-0.3, -0.25) is 4.79 Å². The van der Waals surface area contributed by atoms with Crippen LogP contribution in [0.5, 0.6) is 0 Å². The summed E-state index contributed by atoms with van der Waals surface area (Å²) in [6, 6.07) is 3.39. The minimum Gasteiger partial charge on any atom is -0.308 e. The first kappa shape index (κ1) is 16.1. The standard InChI is InChI=1S/C14H17BrCl2N2O/c1-2-5-18-12-4-3-6-19(14(12)20)13-10(16)7-9(15)8-11(13)17/h7-8,12,18H,2-6H2,1H3. The van der Waals surface area contributed by atoms with Gasteiger partial charge in [0.2, 0.25) is 5.91 Å². The zero-order chi connectivity index (χ0) is 14.7. The average Bonchev–Trinajstić information content (AvgIpc) is 2.38. The van der Waals surface area contributed by atoms with Crippen molar-refractivity contribution in [2.24, 2.45) is 0 Å². The highest BCUT2D eigenvalue weighted by Gasteiger charge is 2.31. The first-order valence-electron chi connectivity index (χ1n) is 6.74. The average molecular weight is 380 g/mol. The molecule has 1 aliphatic heterocycles. The third-order valence-electron chi connectivity index (χ3n) is 3.33. The molecule has 1 aliphatic rings. The van der Waals surface area contributed by atoms with Crippen molar-refractivity contribution in [1.82, 2.24) is 5.32 Å². The van der Waals surface area contributed by atoms with Crippen molar-refractivity contribution in [3.05, 3.63) is 26.7 Å². The van der Waals surface area contributed by atoms with E-state index in [4.69, 9.17) is 23.2 Å². The molecule has 1 amide bonds. The molecule has 0 radical (unpaired) electrons. The van der Waals surface area contributed by atoms with E-state index in [0.29, 0.717) is 22.3 Å². The van der Waals surface area contributed by atoms with Crippen LogP contribution in [-0.2, 0) is 4.79 Å². The van der Waals surface area contributed by atoms with E-state index in [1.165, 1.54) is 0 Å². The zero-order valence-electron chi connectivity index (χ0n) is 11.3. The van der Waals surface area contributed by atoms with E-state index in [0.717, 1.165) is 30.3 Å². The van der Waals surface area contributed by atoms with Crippen LogP contribution in [0.1, 0.15) is 26.2 Å². The summed E-state index contributed by atoms with van der Waals surface area (Å²) in [5, 5.41) is 4.27. The molecule has 0 aromatic heterocycles. The van der Waals surface area contributed by atoms with E-state index in [9.17, 15) is 4.79 Å². The Hall–Kier alpha value is -0.290. The molecule has 6 heteroatoms. The van der Waals surface area contributed by atoms with Crippen molar-refractivity contribution in [2.75, 3.05) is 18.0 Å². The first-order chi connectivity index (χ1) is 9.54. The highest BCUT2D eigenvalue weighted by molar-refractivity contribution is 9.10. The normalized spacial score (nSPS) is 19.5. The van der Waals surface area contributed by atoms with Gasteiger partial charge in [-0.15, -0.1) is 0 Å². The SMILES string of the molecule is CCCNC1CCCN(c2c(Cl)cc(Br)cc2Cl)C1=O. The van der Waals surface area contributed by atoms with Crippen LogP contribution in [0, 0.1) is 0 Å². The van der Waals surface area contributed by atoms with Gasteiger partial charge in [0.15, 0.2) is 0 Å². The van der Waals surface area contributed by atoms with Gasteiger partial charge in [0.05, 0.1) is 21.8 Å². The molecule has 0 saturated carbocycles. The van der Waals surface area contributed by atoms with E-state index in [1.54, 1.807) is 17.0 Å². The minimum atomic E-state index is -0.139. The molecule has 0 aliphatic carbocycles. The molecule has 1 saturated heterocycles. The summed E-state index contributed by atoms with van der Waals surface area (Å²) < 4.78 is 0.807. The summed E-state index contributed by atoms with van der Waals surface area (Å²) >= 11 is 15.9. The largest absolute Gasteiger partial charge is 0.308 e. The van der Waals surface area contributed by atoms with Crippen molar-refractivity contribution in [1.29, 1.82) is 0 Å². The van der Waals surface area contributed by atoms with Gasteiger partial charge in [0.25, 0.3) is 0 Å². The number of rotatable bonds is 4. The number of halogens is 3. The number of benzene rings is 1. The summed E-state index contributed by atoms with van der Waals surface area (Å²) in [4.78, 5) is 14.3. The number of piperidine rings is 1. The molecule has 1 atom stereocenters. The van der Waals surface area contributed by atoms with Gasteiger partial charge in [-0.2, -0.15) is 0 Å². The van der Waals surface area contributed by atoms with Crippen LogP contribution in [0.4, 0.5) is 5.69 Å². The van der Waals surface area contributed by atoms with Crippen LogP contribution in [0.25, 0.3) is 0 Å². The summed E-state index contributed by atoms with van der Waals surface area (Å²) in [5.74, 6) is 0.0517. The predicted octanol–water partition coefficient (Wildman–Crippen LogP) is 4.25. The Morgan fingerprint density at radius 2 is 2.05 bits per heavy atom. The number of amides is 1. The molecule has 0 bridgehead atoms. The summed E-state index contributed by atoms with van der Waals surface area (Å²) in [6.07, 6.45) is 2.81. The van der Waals surface area contributed by atoms with Gasteiger partial charge >= 0.3 is 0 Å². The predicted molar refractivity (Wildman–Crippen MR) is 87.8 cm³/mol. The van der Waals surface area contributed by atoms with Gasteiger partial charge in [0, 0.05) is 11.0 Å². The van der Waals surface area contributed by atoms with E-state index < -0.39 is 0 Å². The van der Waals surface area contributed by atoms with Gasteiger partial charge in [-0.1, -0.05) is 46.1 Å². The third-order valence-corrected chi connectivity index (χ3v) is 4.37. The van der Waals surface area contributed by atoms with Crippen molar-refractivity contribution in [2.45, 2.75) is 32.2 Å². The number of hydrogen-bond donors (Lipinski definition) is 1. The molecule has 110 valence electrons. The molecular formula is C14H17BrCl2N2O. The Morgan fingerprint density at radius 3 is 2.65 bits per heavy atom. The number of hydrogen-bond acceptors (Lipinski definition) is 2. The van der Waals surface area contributed by atoms with Crippen molar-refractivity contribution in [3.8, 4) is 0 Å². The Balaban J connectivity index is 2.26. The van der Waals surface area contributed by atoms with E-state index in [2.05, 4.69) is 28.2 Å². The van der Waals surface area contributed by atoms with E-state index in [-0.39, 0.29) is 11.9 Å². The number of nitrogens with zero attached hydrogens (tertiary/aromatic N) is 1. The second-order valence-electron chi connectivity index (χ2n) is 4.86. The molecular weight excluding hydrogens is 363 g/mol. The fraction of sp³-hybridized carbons (Fsp3) is 0.500. The number of carbonyl (C=O) groups excluding carboxylic acids is 1. The summed E-state index contributed by atoms with van der Waals surface area (Å²) in [6.45, 7) is 3.58. The highest BCUT2D eigenvalue weighted by atomic mass is 79.9. The van der Waals surface area contributed by atoms with Crippen LogP contribution < -0.4 is 10.2 Å². The topological polar surface area (TPSA) is 32.3 Å². The Labute approximate surface area is 137 Å². The molecule has 20 heavy (non-hydrogen) atoms. The first-order valence-corrected chi connectivity index (χ1v) is 8.28. The number of carbonyl (C=O) groups is 1. The monoisotopic (exact) mass is 378 g/mol. The maximum Gasteiger partial charge on any atom is 0.244 e. The smallest absolute Gasteiger partial charge is 0.244 e. The van der Waals surface area contributed by atoms with Gasteiger partial charge in [0.1, 0.15) is 0 Å². The Morgan fingerprint density at radius 1 is 1.40 bits per heavy atom. The summed E-state index contributed by atoms with van der Waals surface area (Å²) in [5.41, 5.74) is 0.615. The van der Waals surface area contributed by atoms with Crippen LogP contribution in [0.15, 0.2) is 16.6 Å². The molecule has 2 rings (SSSR count). The minimum absolute atomic E-state index is 0.0517. The number of anilines is 1. The van der Waals surface area contributed by atoms with Crippen LogP contribution in [0.3, 0.4) is 0 Å². The van der Waals surface area contributed by atoms with E-state index in [1.807, 2.05) is 0 Å². The van der Waals surface area contributed by atoms with Crippen molar-refractivity contribution in [3.63, 3.8) is 0 Å². The molecule has 1 aromatic carbocycles. The van der Waals surface area contributed by atoms with Gasteiger partial charge in [-0.05, 0) is 37.9 Å². The molecule has 1 aromatic rings. The van der Waals surface area contributed by atoms with E-state index >= 15 is 0 Å². The van der Waals surface area contributed by atoms with Crippen LogP contribution in [0.2, 0.25) is 10.0 Å². The van der Waals surface area contributed by atoms with Crippen LogP contribution in [-0.4, -0.2) is 25.0 Å². The molecule has 1 N–H and O–H groups in total. The quantitative estimate of drug-likeness (QED) is 0.847. The molecule has 0 spiro atoms. The lowest BCUT2D eigenvalue weighted by Crippen LogP contribution is -2.51. The molecule has 1 fully saturated rings. The molecule has 1 heterocycles. The van der Waals surface area contributed by atoms with Crippen LogP contribution >= 0.6 is 39.1 Å². The second-order valence-corrected chi connectivity index (χ2v) is 6.59. The van der Waals surface area contributed by atoms with Gasteiger partial charge < -0.3 is 10.2 Å². The maximum atomic E-state index is 12.6. The lowest BCUT2D eigenvalue weighted by Gasteiger charge is -2.33. The summed E-state index contributed by atoms with van der Waals surface area (Å²) in [7, 11) is 0. The Kier molecular flexibility index (Phi) is 5.73. The third kappa shape index (κ3) is 3.48. The maximum absolute atomic E-state index is 12.6. The second kappa shape index (κ2) is 7.12. The zero-order valence-corrected chi connectivity index (χ0v) is 14.4. The lowest BCUT2D eigenvalue weighted by molar-refractivity contribution is -0.121. The molecule has 1 unspecified atom stereocenters. The van der Waals surface area contributed by atoms with Crippen molar-refractivity contribution >= 4 is 50.7 Å². The Bertz CT molecular complexity index is 487. The fourth-order valence-electron chi connectivity index (χ4n) is 2.40. The highest BCUT2D eigenvalue weighted by Crippen LogP contribution is 2.38. The lowest BCUT2D eigenvalue weighted by atomic mass is 10.0. The van der Waals surface area contributed by atoms with Gasteiger partial charge in [-0.25, -0.2) is 0 Å².